The quantitative estimate of drug-likeness (QED) is 0.439. The average Bonchev–Trinajstić information content (AvgIpc) is 3.58. The monoisotopic (exact) mass is 531 g/mol. The Morgan fingerprint density at radius 3 is 2.51 bits per heavy atom. The highest BCUT2D eigenvalue weighted by Gasteiger charge is 2.78. The minimum Gasteiger partial charge on any atom is -0.325 e. The van der Waals surface area contributed by atoms with E-state index in [1.807, 2.05) is 49.4 Å². The third-order valence-electron chi connectivity index (χ3n) is 8.74. The zero-order chi connectivity index (χ0) is 25.7. The van der Waals surface area contributed by atoms with Crippen LogP contribution in [0.1, 0.15) is 39.9 Å². The second-order valence-electron chi connectivity index (χ2n) is 10.4. The van der Waals surface area contributed by atoms with Crippen LogP contribution in [0, 0.1) is 12.8 Å². The number of anilines is 2. The first-order valence-corrected chi connectivity index (χ1v) is 13.2. The van der Waals surface area contributed by atoms with E-state index < -0.39 is 16.9 Å². The van der Waals surface area contributed by atoms with Gasteiger partial charge in [-0.1, -0.05) is 59.1 Å². The van der Waals surface area contributed by atoms with Crippen LogP contribution in [-0.4, -0.2) is 35.1 Å². The fourth-order valence-corrected chi connectivity index (χ4v) is 8.01. The van der Waals surface area contributed by atoms with Crippen molar-refractivity contribution in [2.45, 2.75) is 36.8 Å². The minimum atomic E-state index is -1.36. The van der Waals surface area contributed by atoms with Crippen molar-refractivity contribution in [2.24, 2.45) is 5.92 Å². The van der Waals surface area contributed by atoms with Gasteiger partial charge < -0.3 is 10.6 Å². The molecular formula is C29H23Cl2N3O3. The first-order chi connectivity index (χ1) is 17.8. The number of hydrogen-bond donors (Lipinski definition) is 2. The van der Waals surface area contributed by atoms with Gasteiger partial charge in [0, 0.05) is 33.6 Å². The Labute approximate surface area is 223 Å². The highest BCUT2D eigenvalue weighted by molar-refractivity contribution is 6.37. The molecule has 7 rings (SSSR count). The van der Waals surface area contributed by atoms with Crippen LogP contribution < -0.4 is 10.6 Å². The number of fused-ring (bicyclic) bond motifs is 7. The molecule has 2 N–H and O–H groups in total. The van der Waals surface area contributed by atoms with E-state index >= 15 is 0 Å². The van der Waals surface area contributed by atoms with E-state index in [9.17, 15) is 14.4 Å². The van der Waals surface area contributed by atoms with Crippen molar-refractivity contribution in [3.8, 4) is 0 Å². The topological polar surface area (TPSA) is 78.5 Å². The third kappa shape index (κ3) is 2.68. The Balaban J connectivity index is 1.60. The molecule has 4 aliphatic heterocycles. The second-order valence-corrected chi connectivity index (χ2v) is 11.3. The number of carbonyl (C=O) groups is 3. The van der Waals surface area contributed by atoms with Gasteiger partial charge in [-0.25, -0.2) is 0 Å². The minimum absolute atomic E-state index is 0.199. The highest BCUT2D eigenvalue weighted by Crippen LogP contribution is 2.66. The highest BCUT2D eigenvalue weighted by atomic mass is 35.5. The van der Waals surface area contributed by atoms with Gasteiger partial charge in [0.1, 0.15) is 11.0 Å². The molecule has 2 fully saturated rings. The summed E-state index contributed by atoms with van der Waals surface area (Å²) in [6.07, 6.45) is 1.51. The van der Waals surface area contributed by atoms with Crippen LogP contribution >= 0.6 is 23.2 Å². The van der Waals surface area contributed by atoms with Crippen molar-refractivity contribution in [3.63, 3.8) is 0 Å². The fourth-order valence-electron chi connectivity index (χ4n) is 7.50. The second kappa shape index (κ2) is 7.67. The summed E-state index contributed by atoms with van der Waals surface area (Å²) in [5.74, 6) is -1.92. The van der Waals surface area contributed by atoms with Gasteiger partial charge in [0.25, 0.3) is 0 Å². The maximum atomic E-state index is 14.8. The molecule has 0 aliphatic carbocycles. The third-order valence-corrected chi connectivity index (χ3v) is 9.29. The van der Waals surface area contributed by atoms with E-state index in [2.05, 4.69) is 15.5 Å². The van der Waals surface area contributed by atoms with E-state index in [4.69, 9.17) is 23.2 Å². The molecule has 0 unspecified atom stereocenters. The van der Waals surface area contributed by atoms with Crippen LogP contribution in [0.3, 0.4) is 0 Å². The number of halogens is 2. The maximum absolute atomic E-state index is 14.8. The van der Waals surface area contributed by atoms with E-state index in [1.54, 1.807) is 12.1 Å². The molecule has 6 nitrogen and oxygen atoms in total. The van der Waals surface area contributed by atoms with Crippen LogP contribution in [0.4, 0.5) is 11.4 Å². The van der Waals surface area contributed by atoms with Gasteiger partial charge in [0.05, 0.1) is 10.9 Å². The van der Waals surface area contributed by atoms with E-state index in [0.717, 1.165) is 23.1 Å². The van der Waals surface area contributed by atoms with E-state index in [0.29, 0.717) is 29.4 Å². The zero-order valence-electron chi connectivity index (χ0n) is 20.0. The number of aryl methyl sites for hydroxylation is 1. The molecule has 2 saturated heterocycles. The molecule has 0 bridgehead atoms. The number of Topliss-reactive ketones (excluding diaryl/α,β-unsaturated/α-hetero) is 1. The van der Waals surface area contributed by atoms with Crippen molar-refractivity contribution >= 4 is 52.2 Å². The average molecular weight is 532 g/mol. The molecule has 2 amide bonds. The summed E-state index contributed by atoms with van der Waals surface area (Å²) >= 11 is 12.8. The number of amides is 2. The lowest BCUT2D eigenvalue weighted by Gasteiger charge is -2.38. The Morgan fingerprint density at radius 2 is 1.70 bits per heavy atom. The molecule has 0 aromatic heterocycles. The largest absolute Gasteiger partial charge is 0.325 e. The molecule has 4 heterocycles. The molecule has 37 heavy (non-hydrogen) atoms. The van der Waals surface area contributed by atoms with E-state index in [1.165, 1.54) is 6.07 Å². The molecule has 2 spiro atoms. The number of rotatable bonds is 2. The van der Waals surface area contributed by atoms with Crippen LogP contribution in [0.5, 0.6) is 0 Å². The van der Waals surface area contributed by atoms with Crippen molar-refractivity contribution < 1.29 is 14.4 Å². The summed E-state index contributed by atoms with van der Waals surface area (Å²) in [6.45, 7) is 2.56. The molecule has 186 valence electrons. The van der Waals surface area contributed by atoms with Crippen molar-refractivity contribution in [3.05, 3.63) is 93.0 Å². The van der Waals surface area contributed by atoms with Gasteiger partial charge in [-0.05, 0) is 62.2 Å². The van der Waals surface area contributed by atoms with Gasteiger partial charge in [-0.15, -0.1) is 0 Å². The summed E-state index contributed by atoms with van der Waals surface area (Å²) in [5, 5.41) is 6.72. The number of ketones is 1. The smallest absolute Gasteiger partial charge is 0.250 e. The van der Waals surface area contributed by atoms with Gasteiger partial charge in [-0.3, -0.25) is 19.3 Å². The number of hydrogen-bond acceptors (Lipinski definition) is 4. The Bertz CT molecular complexity index is 1560. The molecule has 8 heteroatoms. The number of carbonyl (C=O) groups excluding carboxylic acids is 3. The molecule has 3 aromatic rings. The van der Waals surface area contributed by atoms with Crippen LogP contribution in [0.15, 0.2) is 60.7 Å². The molecular weight excluding hydrogens is 509 g/mol. The molecule has 4 atom stereocenters. The lowest BCUT2D eigenvalue weighted by Crippen LogP contribution is -2.55. The number of nitrogens with zero attached hydrogens (tertiary/aromatic N) is 1. The van der Waals surface area contributed by atoms with Gasteiger partial charge in [-0.2, -0.15) is 0 Å². The summed E-state index contributed by atoms with van der Waals surface area (Å²) in [6, 6.07) is 17.7. The maximum Gasteiger partial charge on any atom is 0.250 e. The lowest BCUT2D eigenvalue weighted by atomic mass is 9.60. The zero-order valence-corrected chi connectivity index (χ0v) is 21.5. The van der Waals surface area contributed by atoms with Crippen LogP contribution in [-0.2, 0) is 20.5 Å². The normalized spacial score (nSPS) is 29.4. The van der Waals surface area contributed by atoms with Gasteiger partial charge in [0.2, 0.25) is 11.8 Å². The van der Waals surface area contributed by atoms with Crippen molar-refractivity contribution in [1.82, 2.24) is 4.90 Å². The summed E-state index contributed by atoms with van der Waals surface area (Å²) in [4.78, 5) is 45.4. The van der Waals surface area contributed by atoms with Crippen LogP contribution in [0.2, 0.25) is 10.0 Å². The predicted octanol–water partition coefficient (Wildman–Crippen LogP) is 5.32. The van der Waals surface area contributed by atoms with Crippen LogP contribution in [0.25, 0.3) is 0 Å². The molecule has 3 aromatic carbocycles. The number of nitrogens with one attached hydrogen (secondary N) is 2. The first kappa shape index (κ1) is 23.0. The Morgan fingerprint density at radius 1 is 0.946 bits per heavy atom. The fraction of sp³-hybridized carbons (Fsp3) is 0.276. The summed E-state index contributed by atoms with van der Waals surface area (Å²) in [7, 11) is 0. The lowest BCUT2D eigenvalue weighted by molar-refractivity contribution is -0.128. The van der Waals surface area contributed by atoms with Gasteiger partial charge >= 0.3 is 0 Å². The first-order valence-electron chi connectivity index (χ1n) is 12.4. The Kier molecular flexibility index (Phi) is 4.76. The number of benzene rings is 3. The van der Waals surface area contributed by atoms with Crippen molar-refractivity contribution in [2.75, 3.05) is 17.2 Å². The van der Waals surface area contributed by atoms with Gasteiger partial charge in [0.15, 0.2) is 5.78 Å². The predicted molar refractivity (Wildman–Crippen MR) is 142 cm³/mol. The molecule has 4 aliphatic rings. The summed E-state index contributed by atoms with van der Waals surface area (Å²) < 4.78 is 0. The Hall–Kier alpha value is -3.19. The van der Waals surface area contributed by atoms with E-state index in [-0.39, 0.29) is 34.2 Å². The summed E-state index contributed by atoms with van der Waals surface area (Å²) in [5.41, 5.74) is 1.44. The molecule has 0 saturated carbocycles. The number of para-hydroxylation sites is 1. The molecule has 0 radical (unpaired) electrons. The van der Waals surface area contributed by atoms with Crippen molar-refractivity contribution in [1.29, 1.82) is 0 Å². The SMILES string of the molecule is Cc1ccc2c(c1)[C@]1(C(=O)N2)[C@@H](C(=O)c2ccc(Cl)cc2Cl)[C@]2(C(=O)Nc3ccccc32)[C@H]2CCCN21. The standard InChI is InChI=1S/C29H23Cl2N3O3/c1-15-8-11-22-19(13-15)29(27(37)33-22)25(24(35)17-10-9-16(30)14-20(17)31)28(23-7-4-12-34(23)29)18-5-2-3-6-21(18)32-26(28)36/h2-3,5-6,8-11,13-14,23,25H,4,7,12H2,1H3,(H,32,36)(H,33,37)/t23-,25+,28-,29-/m1/s1.